The van der Waals surface area contributed by atoms with Crippen molar-refractivity contribution in [1.82, 2.24) is 10.2 Å². The smallest absolute Gasteiger partial charge is 0.234 e. The lowest BCUT2D eigenvalue weighted by Gasteiger charge is -2.10. The standard InChI is InChI=1S/C19H20N6O/c1-12(19(26)23-18-10-17(24-25-18)14-5-6-14)16(21)7-8-22-15-4-2-3-13(9-15)11-20/h2-4,7-10,12,14H,5-6,21H2,1H3,(H2,23,24,25,26)/p+1/b16-7-,22-8?. The summed E-state index contributed by atoms with van der Waals surface area (Å²) in [5, 5.41) is 18.7. The summed E-state index contributed by atoms with van der Waals surface area (Å²) in [5.41, 5.74) is 8.83. The van der Waals surface area contributed by atoms with E-state index < -0.39 is 5.92 Å². The minimum Gasteiger partial charge on any atom is -0.401 e. The number of benzene rings is 1. The predicted molar refractivity (Wildman–Crippen MR) is 98.5 cm³/mol. The van der Waals surface area contributed by atoms with Crippen LogP contribution in [-0.4, -0.2) is 22.3 Å². The van der Waals surface area contributed by atoms with Crippen LogP contribution in [0.5, 0.6) is 0 Å². The summed E-state index contributed by atoms with van der Waals surface area (Å²) in [6.07, 6.45) is 5.63. The molecule has 0 saturated heterocycles. The normalized spacial score (nSPS) is 15.6. The van der Waals surface area contributed by atoms with E-state index in [4.69, 9.17) is 11.0 Å². The summed E-state index contributed by atoms with van der Waals surface area (Å²) in [4.78, 5) is 15.3. The number of hydrogen-bond acceptors (Lipinski definition) is 4. The first-order valence-electron chi connectivity index (χ1n) is 8.48. The van der Waals surface area contributed by atoms with E-state index in [1.807, 2.05) is 12.1 Å². The van der Waals surface area contributed by atoms with Crippen molar-refractivity contribution in [2.24, 2.45) is 11.7 Å². The number of rotatable bonds is 6. The summed E-state index contributed by atoms with van der Waals surface area (Å²) < 4.78 is 0. The van der Waals surface area contributed by atoms with E-state index in [1.54, 1.807) is 37.4 Å². The summed E-state index contributed by atoms with van der Waals surface area (Å²) in [5.74, 6) is 0.356. The van der Waals surface area contributed by atoms with Crippen molar-refractivity contribution < 1.29 is 9.79 Å². The van der Waals surface area contributed by atoms with Gasteiger partial charge in [0.15, 0.2) is 12.0 Å². The van der Waals surface area contributed by atoms with Gasteiger partial charge in [-0.25, -0.2) is 4.99 Å². The molecule has 0 aliphatic heterocycles. The molecule has 132 valence electrons. The second-order valence-electron chi connectivity index (χ2n) is 6.36. The first kappa shape index (κ1) is 17.4. The largest absolute Gasteiger partial charge is 0.401 e. The molecule has 1 amide bonds. The van der Waals surface area contributed by atoms with E-state index in [9.17, 15) is 4.79 Å². The van der Waals surface area contributed by atoms with Gasteiger partial charge >= 0.3 is 0 Å². The molecular weight excluding hydrogens is 328 g/mol. The predicted octanol–water partition coefficient (Wildman–Crippen LogP) is 1.06. The van der Waals surface area contributed by atoms with Crippen molar-refractivity contribution in [1.29, 1.82) is 5.26 Å². The van der Waals surface area contributed by atoms with Crippen LogP contribution < -0.4 is 16.0 Å². The summed E-state index contributed by atoms with van der Waals surface area (Å²) in [6, 6.07) is 11.0. The second-order valence-corrected chi connectivity index (χ2v) is 6.36. The van der Waals surface area contributed by atoms with Crippen LogP contribution in [0.1, 0.15) is 36.9 Å². The Hall–Kier alpha value is -3.40. The molecule has 1 unspecified atom stereocenters. The zero-order valence-corrected chi connectivity index (χ0v) is 14.5. The van der Waals surface area contributed by atoms with Crippen LogP contribution in [0.2, 0.25) is 0 Å². The molecule has 1 aromatic heterocycles. The van der Waals surface area contributed by atoms with Crippen molar-refractivity contribution in [2.45, 2.75) is 25.7 Å². The minimum atomic E-state index is -0.500. The molecule has 3 rings (SSSR count). The number of nitrogens with two attached hydrogens (primary N) is 1. The lowest BCUT2D eigenvalue weighted by Crippen LogP contribution is -2.61. The number of carbonyl (C=O) groups excluding carboxylic acids is 1. The molecule has 26 heavy (non-hydrogen) atoms. The monoisotopic (exact) mass is 349 g/mol. The van der Waals surface area contributed by atoms with Crippen LogP contribution in [0.15, 0.2) is 42.1 Å². The number of nitrogens with zero attached hydrogens (tertiary/aromatic N) is 2. The van der Waals surface area contributed by atoms with Gasteiger partial charge < -0.3 is 11.1 Å². The second kappa shape index (κ2) is 7.66. The highest BCUT2D eigenvalue weighted by molar-refractivity contribution is 5.93. The Morgan fingerprint density at radius 2 is 2.31 bits per heavy atom. The zero-order chi connectivity index (χ0) is 18.5. The molecule has 1 aliphatic rings. The van der Waals surface area contributed by atoms with Crippen molar-refractivity contribution in [3.8, 4) is 6.07 Å². The van der Waals surface area contributed by atoms with Gasteiger partial charge in [-0.05, 0) is 25.8 Å². The molecule has 1 atom stereocenters. The number of nitrogens with one attached hydrogen (secondary N) is 3. The Morgan fingerprint density at radius 1 is 1.50 bits per heavy atom. The fraction of sp³-hybridized carbons (Fsp3) is 0.263. The summed E-state index contributed by atoms with van der Waals surface area (Å²) in [6.45, 7) is 1.74. The number of nitriles is 1. The van der Waals surface area contributed by atoms with Gasteiger partial charge in [0.2, 0.25) is 11.6 Å². The maximum absolute atomic E-state index is 12.3. The minimum absolute atomic E-state index is 0.215. The van der Waals surface area contributed by atoms with Crippen LogP contribution in [-0.2, 0) is 4.79 Å². The van der Waals surface area contributed by atoms with Crippen LogP contribution in [0, 0.1) is 17.2 Å². The molecule has 1 aliphatic carbocycles. The Kier molecular flexibility index (Phi) is 5.13. The highest BCUT2D eigenvalue weighted by Crippen LogP contribution is 2.39. The van der Waals surface area contributed by atoms with Crippen molar-refractivity contribution in [3.05, 3.63) is 53.4 Å². The maximum Gasteiger partial charge on any atom is 0.234 e. The van der Waals surface area contributed by atoms with E-state index in [1.165, 1.54) is 12.8 Å². The number of hydrogen-bond donors (Lipinski definition) is 4. The van der Waals surface area contributed by atoms with Crippen molar-refractivity contribution >= 4 is 23.6 Å². The fourth-order valence-electron chi connectivity index (χ4n) is 2.45. The van der Waals surface area contributed by atoms with E-state index in [0.717, 1.165) is 11.4 Å². The first-order valence-corrected chi connectivity index (χ1v) is 8.48. The van der Waals surface area contributed by atoms with Crippen LogP contribution in [0.25, 0.3) is 0 Å². The fourth-order valence-corrected chi connectivity index (χ4v) is 2.45. The van der Waals surface area contributed by atoms with Gasteiger partial charge in [-0.15, -0.1) is 0 Å². The van der Waals surface area contributed by atoms with E-state index >= 15 is 0 Å². The summed E-state index contributed by atoms with van der Waals surface area (Å²) >= 11 is 0. The third-order valence-electron chi connectivity index (χ3n) is 4.28. The molecule has 0 radical (unpaired) electrons. The molecule has 2 aromatic rings. The lowest BCUT2D eigenvalue weighted by atomic mass is 10.1. The molecule has 0 bridgehead atoms. The lowest BCUT2D eigenvalue weighted by molar-refractivity contribution is -0.346. The number of aromatic nitrogens is 2. The average molecular weight is 349 g/mol. The number of allylic oxidation sites excluding steroid dienone is 1. The van der Waals surface area contributed by atoms with Crippen molar-refractivity contribution in [2.75, 3.05) is 5.32 Å². The van der Waals surface area contributed by atoms with Gasteiger partial charge in [-0.1, -0.05) is 6.07 Å². The Balaban J connectivity index is 1.58. The number of anilines is 1. The molecule has 1 aromatic carbocycles. The van der Waals surface area contributed by atoms with Crippen LogP contribution in [0.3, 0.4) is 0 Å². The number of carbonyl (C=O) groups is 1. The molecule has 5 N–H and O–H groups in total. The zero-order valence-electron chi connectivity index (χ0n) is 14.5. The molecule has 0 spiro atoms. The van der Waals surface area contributed by atoms with Crippen molar-refractivity contribution in [3.63, 3.8) is 0 Å². The highest BCUT2D eigenvalue weighted by Gasteiger charge is 2.26. The Bertz CT molecular complexity index is 901. The van der Waals surface area contributed by atoms with Gasteiger partial charge in [0.25, 0.3) is 0 Å². The number of H-pyrrole nitrogens is 1. The third kappa shape index (κ3) is 4.36. The third-order valence-corrected chi connectivity index (χ3v) is 4.28. The number of amides is 1. The van der Waals surface area contributed by atoms with E-state index in [0.29, 0.717) is 23.0 Å². The quantitative estimate of drug-likeness (QED) is 0.583. The van der Waals surface area contributed by atoms with Gasteiger partial charge in [0, 0.05) is 41.6 Å². The van der Waals surface area contributed by atoms with Gasteiger partial charge in [0.05, 0.1) is 17.6 Å². The van der Waals surface area contributed by atoms with E-state index in [2.05, 4.69) is 26.6 Å². The van der Waals surface area contributed by atoms with Crippen LogP contribution in [0.4, 0.5) is 11.5 Å². The summed E-state index contributed by atoms with van der Waals surface area (Å²) in [7, 11) is 0. The SMILES string of the molecule is CC(C(=O)Nc1cc(C2CC2)[nH]n1)/C(N)=C/C=[NH+]c1cccc(C#N)c1. The molecule has 1 heterocycles. The number of aromatic amines is 1. The van der Waals surface area contributed by atoms with Gasteiger partial charge in [-0.2, -0.15) is 10.4 Å². The first-order chi connectivity index (χ1) is 12.6. The molecule has 1 fully saturated rings. The Labute approximate surface area is 151 Å². The molecular formula is C19H21N6O+. The van der Waals surface area contributed by atoms with E-state index in [-0.39, 0.29) is 5.91 Å². The average Bonchev–Trinajstić information content (AvgIpc) is 3.40. The molecule has 1 saturated carbocycles. The van der Waals surface area contributed by atoms with Crippen LogP contribution >= 0.6 is 0 Å². The molecule has 7 heteroatoms. The van der Waals surface area contributed by atoms with Gasteiger partial charge in [-0.3, -0.25) is 9.89 Å². The molecule has 7 nitrogen and oxygen atoms in total. The topological polar surface area (TPSA) is 122 Å². The van der Waals surface area contributed by atoms with Gasteiger partial charge in [0.1, 0.15) is 0 Å². The highest BCUT2D eigenvalue weighted by atomic mass is 16.2. The maximum atomic E-state index is 12.3. The Morgan fingerprint density at radius 3 is 3.04 bits per heavy atom.